The Morgan fingerprint density at radius 3 is 2.73 bits per heavy atom. The highest BCUT2D eigenvalue weighted by atomic mass is 79.9. The van der Waals surface area contributed by atoms with E-state index in [9.17, 15) is 0 Å². The summed E-state index contributed by atoms with van der Waals surface area (Å²) >= 11 is 3.47. The van der Waals surface area contributed by atoms with Gasteiger partial charge in [-0.3, -0.25) is 4.68 Å². The molecule has 0 N–H and O–H groups in total. The maximum Gasteiger partial charge on any atom is 0.163 e. The van der Waals surface area contributed by atoms with Gasteiger partial charge in [-0.2, -0.15) is 10.4 Å². The van der Waals surface area contributed by atoms with Crippen LogP contribution in [0.2, 0.25) is 0 Å². The van der Waals surface area contributed by atoms with Crippen LogP contribution in [0.25, 0.3) is 11.3 Å². The van der Waals surface area contributed by atoms with Gasteiger partial charge in [-0.05, 0) is 6.07 Å². The highest BCUT2D eigenvalue weighted by Crippen LogP contribution is 2.27. The molecule has 1 aromatic carbocycles. The molecule has 0 aliphatic carbocycles. The van der Waals surface area contributed by atoms with Crippen LogP contribution >= 0.6 is 15.9 Å². The molecule has 0 saturated carbocycles. The van der Waals surface area contributed by atoms with Gasteiger partial charge in [0.25, 0.3) is 0 Å². The molecule has 0 bridgehead atoms. The van der Waals surface area contributed by atoms with Crippen LogP contribution in [0.4, 0.5) is 0 Å². The summed E-state index contributed by atoms with van der Waals surface area (Å²) in [5.74, 6) is 0. The molecular formula is C11H8BrN3. The smallest absolute Gasteiger partial charge is 0.163 e. The van der Waals surface area contributed by atoms with Gasteiger partial charge in [0.05, 0.1) is 5.69 Å². The Bertz CT molecular complexity index is 537. The number of hydrogen-bond donors (Lipinski definition) is 0. The van der Waals surface area contributed by atoms with Crippen molar-refractivity contribution in [1.82, 2.24) is 9.78 Å². The van der Waals surface area contributed by atoms with E-state index in [0.29, 0.717) is 5.69 Å². The zero-order valence-corrected chi connectivity index (χ0v) is 9.69. The summed E-state index contributed by atoms with van der Waals surface area (Å²) in [5, 5.41) is 12.8. The Hall–Kier alpha value is -1.60. The Kier molecular flexibility index (Phi) is 2.57. The number of benzene rings is 1. The Labute approximate surface area is 96.1 Å². The fraction of sp³-hybridized carbons (Fsp3) is 0.0909. The molecular weight excluding hydrogens is 254 g/mol. The number of rotatable bonds is 1. The summed E-state index contributed by atoms with van der Waals surface area (Å²) in [6, 6.07) is 11.7. The van der Waals surface area contributed by atoms with Gasteiger partial charge in [0.15, 0.2) is 5.69 Å². The van der Waals surface area contributed by atoms with E-state index in [-0.39, 0.29) is 0 Å². The van der Waals surface area contributed by atoms with Gasteiger partial charge < -0.3 is 0 Å². The number of aryl methyl sites for hydroxylation is 1. The largest absolute Gasteiger partial charge is 0.267 e. The summed E-state index contributed by atoms with van der Waals surface area (Å²) in [4.78, 5) is 0. The molecule has 0 aliphatic heterocycles. The topological polar surface area (TPSA) is 41.6 Å². The molecule has 3 nitrogen and oxygen atoms in total. The predicted octanol–water partition coefficient (Wildman–Crippen LogP) is 2.72. The van der Waals surface area contributed by atoms with E-state index in [2.05, 4.69) is 21.0 Å². The lowest BCUT2D eigenvalue weighted by Gasteiger charge is -2.03. The lowest BCUT2D eigenvalue weighted by molar-refractivity contribution is 0.770. The summed E-state index contributed by atoms with van der Waals surface area (Å²) in [5.41, 5.74) is 2.40. The van der Waals surface area contributed by atoms with E-state index < -0.39 is 0 Å². The van der Waals surface area contributed by atoms with Gasteiger partial charge in [-0.25, -0.2) is 0 Å². The van der Waals surface area contributed by atoms with Gasteiger partial charge in [0.2, 0.25) is 0 Å². The van der Waals surface area contributed by atoms with Crippen molar-refractivity contribution in [2.75, 3.05) is 0 Å². The fourth-order valence-corrected chi connectivity index (χ4v) is 1.93. The van der Waals surface area contributed by atoms with Crippen molar-refractivity contribution in [3.63, 3.8) is 0 Å². The molecule has 0 aliphatic rings. The molecule has 2 aromatic rings. The van der Waals surface area contributed by atoms with E-state index in [4.69, 9.17) is 5.26 Å². The SMILES string of the molecule is Cn1nc(C#N)cc1-c1ccccc1Br. The van der Waals surface area contributed by atoms with Crippen molar-refractivity contribution in [3.05, 3.63) is 40.5 Å². The molecule has 74 valence electrons. The number of aromatic nitrogens is 2. The summed E-state index contributed by atoms with van der Waals surface area (Å²) in [6.07, 6.45) is 0. The average molecular weight is 262 g/mol. The number of nitrogens with zero attached hydrogens (tertiary/aromatic N) is 3. The van der Waals surface area contributed by atoms with Crippen molar-refractivity contribution >= 4 is 15.9 Å². The van der Waals surface area contributed by atoms with Crippen LogP contribution in [-0.2, 0) is 7.05 Å². The van der Waals surface area contributed by atoms with Crippen molar-refractivity contribution < 1.29 is 0 Å². The van der Waals surface area contributed by atoms with Crippen LogP contribution in [-0.4, -0.2) is 9.78 Å². The molecule has 4 heteroatoms. The second-order valence-corrected chi connectivity index (χ2v) is 3.98. The number of halogens is 1. The Balaban J connectivity index is 2.60. The third-order valence-electron chi connectivity index (χ3n) is 2.14. The van der Waals surface area contributed by atoms with E-state index in [1.165, 1.54) is 0 Å². The number of hydrogen-bond acceptors (Lipinski definition) is 2. The second kappa shape index (κ2) is 3.87. The predicted molar refractivity (Wildman–Crippen MR) is 61.1 cm³/mol. The van der Waals surface area contributed by atoms with Gasteiger partial charge in [-0.15, -0.1) is 0 Å². The first-order chi connectivity index (χ1) is 7.22. The minimum atomic E-state index is 0.434. The lowest BCUT2D eigenvalue weighted by atomic mass is 10.1. The Morgan fingerprint density at radius 2 is 2.13 bits per heavy atom. The van der Waals surface area contributed by atoms with Crippen LogP contribution in [0, 0.1) is 11.3 Å². The third-order valence-corrected chi connectivity index (χ3v) is 2.84. The molecule has 0 saturated heterocycles. The summed E-state index contributed by atoms with van der Waals surface area (Å²) < 4.78 is 2.70. The summed E-state index contributed by atoms with van der Waals surface area (Å²) in [7, 11) is 1.83. The molecule has 0 radical (unpaired) electrons. The maximum absolute atomic E-state index is 8.75. The number of nitriles is 1. The average Bonchev–Trinajstić information content (AvgIpc) is 2.60. The highest BCUT2D eigenvalue weighted by Gasteiger charge is 2.09. The molecule has 0 atom stereocenters. The molecule has 0 amide bonds. The van der Waals surface area contributed by atoms with Crippen molar-refractivity contribution in [3.8, 4) is 17.3 Å². The van der Waals surface area contributed by atoms with Gasteiger partial charge >= 0.3 is 0 Å². The van der Waals surface area contributed by atoms with E-state index in [0.717, 1.165) is 15.7 Å². The molecule has 0 spiro atoms. The van der Waals surface area contributed by atoms with Crippen LogP contribution in [0.15, 0.2) is 34.8 Å². The lowest BCUT2D eigenvalue weighted by Crippen LogP contribution is -1.94. The normalized spacial score (nSPS) is 9.93. The van der Waals surface area contributed by atoms with E-state index in [1.807, 2.05) is 37.4 Å². The van der Waals surface area contributed by atoms with Gasteiger partial charge in [-0.1, -0.05) is 34.1 Å². The van der Waals surface area contributed by atoms with Crippen molar-refractivity contribution in [1.29, 1.82) is 5.26 Å². The van der Waals surface area contributed by atoms with Gasteiger partial charge in [0.1, 0.15) is 6.07 Å². The summed E-state index contributed by atoms with van der Waals surface area (Å²) in [6.45, 7) is 0. The minimum absolute atomic E-state index is 0.434. The fourth-order valence-electron chi connectivity index (χ4n) is 1.44. The zero-order chi connectivity index (χ0) is 10.8. The first-order valence-corrected chi connectivity index (χ1v) is 5.20. The highest BCUT2D eigenvalue weighted by molar-refractivity contribution is 9.10. The maximum atomic E-state index is 8.75. The van der Waals surface area contributed by atoms with E-state index >= 15 is 0 Å². The van der Waals surface area contributed by atoms with Crippen LogP contribution < -0.4 is 0 Å². The quantitative estimate of drug-likeness (QED) is 0.792. The second-order valence-electron chi connectivity index (χ2n) is 3.13. The molecule has 0 fully saturated rings. The van der Waals surface area contributed by atoms with Crippen LogP contribution in [0.3, 0.4) is 0 Å². The van der Waals surface area contributed by atoms with Crippen LogP contribution in [0.1, 0.15) is 5.69 Å². The zero-order valence-electron chi connectivity index (χ0n) is 8.11. The van der Waals surface area contributed by atoms with Crippen molar-refractivity contribution in [2.24, 2.45) is 7.05 Å². The molecule has 2 rings (SSSR count). The molecule has 15 heavy (non-hydrogen) atoms. The van der Waals surface area contributed by atoms with Gasteiger partial charge in [0, 0.05) is 23.2 Å². The third kappa shape index (κ3) is 1.79. The molecule has 1 heterocycles. The van der Waals surface area contributed by atoms with E-state index in [1.54, 1.807) is 10.7 Å². The standard InChI is InChI=1S/C11H8BrN3/c1-15-11(6-8(7-13)14-15)9-4-2-3-5-10(9)12/h2-6H,1H3. The molecule has 1 aromatic heterocycles. The first kappa shape index (κ1) is 9.94. The Morgan fingerprint density at radius 1 is 1.40 bits per heavy atom. The first-order valence-electron chi connectivity index (χ1n) is 4.41. The van der Waals surface area contributed by atoms with Crippen LogP contribution in [0.5, 0.6) is 0 Å². The monoisotopic (exact) mass is 261 g/mol. The minimum Gasteiger partial charge on any atom is -0.267 e. The molecule has 0 unspecified atom stereocenters. The van der Waals surface area contributed by atoms with Crippen molar-refractivity contribution in [2.45, 2.75) is 0 Å².